The first kappa shape index (κ1) is 15.3. The van der Waals surface area contributed by atoms with Crippen molar-refractivity contribution in [2.75, 3.05) is 5.88 Å². The van der Waals surface area contributed by atoms with Gasteiger partial charge in [-0.25, -0.2) is 9.37 Å². The van der Waals surface area contributed by atoms with Crippen LogP contribution in [0.2, 0.25) is 0 Å². The van der Waals surface area contributed by atoms with Gasteiger partial charge in [-0.1, -0.05) is 13.3 Å². The van der Waals surface area contributed by atoms with E-state index >= 15 is 0 Å². The monoisotopic (exact) mass is 372 g/mol. The van der Waals surface area contributed by atoms with Gasteiger partial charge in [0, 0.05) is 24.9 Å². The number of fused-ring (bicyclic) bond motifs is 1. The van der Waals surface area contributed by atoms with Crippen molar-refractivity contribution in [2.45, 2.75) is 39.2 Å². The molecule has 2 atom stereocenters. The first-order chi connectivity index (χ1) is 10.1. The molecule has 114 valence electrons. The molecule has 0 amide bonds. The maximum absolute atomic E-state index is 13.7. The Kier molecular flexibility index (Phi) is 4.55. The maximum Gasteiger partial charge on any atom is 0.139 e. The van der Waals surface area contributed by atoms with Crippen LogP contribution < -0.4 is 0 Å². The average molecular weight is 374 g/mol. The summed E-state index contributed by atoms with van der Waals surface area (Å²) in [5, 5.41) is 0. The van der Waals surface area contributed by atoms with E-state index in [9.17, 15) is 4.39 Å². The predicted molar refractivity (Wildman–Crippen MR) is 88.3 cm³/mol. The van der Waals surface area contributed by atoms with Gasteiger partial charge < -0.3 is 4.57 Å². The molecule has 1 fully saturated rings. The van der Waals surface area contributed by atoms with Gasteiger partial charge >= 0.3 is 0 Å². The lowest BCUT2D eigenvalue weighted by atomic mass is 10.1. The maximum atomic E-state index is 13.7. The van der Waals surface area contributed by atoms with Crippen LogP contribution in [0.4, 0.5) is 4.39 Å². The molecule has 0 spiro atoms. The van der Waals surface area contributed by atoms with Gasteiger partial charge in [0.15, 0.2) is 0 Å². The highest BCUT2D eigenvalue weighted by molar-refractivity contribution is 9.10. The lowest BCUT2D eigenvalue weighted by Gasteiger charge is -2.14. The Bertz CT molecular complexity index is 655. The zero-order chi connectivity index (χ0) is 15.0. The number of halogens is 3. The van der Waals surface area contributed by atoms with Crippen LogP contribution in [0.5, 0.6) is 0 Å². The number of alkyl halides is 1. The molecule has 0 aliphatic heterocycles. The molecule has 1 heterocycles. The molecule has 2 unspecified atom stereocenters. The SMILES string of the molecule is CC1CCC(Cn2c(CCCl)nc3cc(F)c(Br)cc32)C1. The second-order valence-electron chi connectivity index (χ2n) is 6.12. The minimum absolute atomic E-state index is 0.265. The van der Waals surface area contributed by atoms with Crippen molar-refractivity contribution in [3.8, 4) is 0 Å². The molecule has 1 aliphatic carbocycles. The van der Waals surface area contributed by atoms with Gasteiger partial charge in [0.1, 0.15) is 11.6 Å². The predicted octanol–water partition coefficient (Wildman–Crippen LogP) is 5.16. The number of rotatable bonds is 4. The number of aromatic nitrogens is 2. The molecular formula is C16H19BrClFN2. The molecule has 0 radical (unpaired) electrons. The summed E-state index contributed by atoms with van der Waals surface area (Å²) in [7, 11) is 0. The van der Waals surface area contributed by atoms with Crippen molar-refractivity contribution in [1.29, 1.82) is 0 Å². The van der Waals surface area contributed by atoms with Gasteiger partial charge in [0.05, 0.1) is 15.5 Å². The van der Waals surface area contributed by atoms with Crippen LogP contribution in [0.3, 0.4) is 0 Å². The van der Waals surface area contributed by atoms with E-state index < -0.39 is 0 Å². The van der Waals surface area contributed by atoms with Gasteiger partial charge in [-0.3, -0.25) is 0 Å². The smallest absolute Gasteiger partial charge is 0.139 e. The number of benzene rings is 1. The Balaban J connectivity index is 2.00. The van der Waals surface area contributed by atoms with Gasteiger partial charge in [-0.05, 0) is 46.7 Å². The second kappa shape index (κ2) is 6.25. The topological polar surface area (TPSA) is 17.8 Å². The molecule has 21 heavy (non-hydrogen) atoms. The van der Waals surface area contributed by atoms with Crippen molar-refractivity contribution >= 4 is 38.6 Å². The standard InChI is InChI=1S/C16H19BrClFN2/c1-10-2-3-11(6-10)9-21-15-7-12(17)13(19)8-14(15)20-16(21)4-5-18/h7-8,10-11H,2-6,9H2,1H3. The normalized spacial score (nSPS) is 22.3. The highest BCUT2D eigenvalue weighted by Crippen LogP contribution is 2.33. The summed E-state index contributed by atoms with van der Waals surface area (Å²) in [6.45, 7) is 3.28. The van der Waals surface area contributed by atoms with Crippen LogP contribution in [0.15, 0.2) is 16.6 Å². The molecule has 1 aromatic heterocycles. The second-order valence-corrected chi connectivity index (χ2v) is 7.35. The van der Waals surface area contributed by atoms with Crippen LogP contribution in [0, 0.1) is 17.7 Å². The van der Waals surface area contributed by atoms with E-state index in [1.807, 2.05) is 6.07 Å². The van der Waals surface area contributed by atoms with E-state index in [0.717, 1.165) is 35.7 Å². The van der Waals surface area contributed by atoms with E-state index in [0.29, 0.717) is 16.3 Å². The van der Waals surface area contributed by atoms with Crippen molar-refractivity contribution < 1.29 is 4.39 Å². The summed E-state index contributed by atoms with van der Waals surface area (Å²) in [5.74, 6) is 2.74. The Morgan fingerprint density at radius 3 is 2.90 bits per heavy atom. The van der Waals surface area contributed by atoms with E-state index in [4.69, 9.17) is 11.6 Å². The number of imidazole rings is 1. The first-order valence-corrected chi connectivity index (χ1v) is 8.81. The zero-order valence-corrected chi connectivity index (χ0v) is 14.4. The average Bonchev–Trinajstić information content (AvgIpc) is 2.97. The van der Waals surface area contributed by atoms with Gasteiger partial charge in [-0.15, -0.1) is 11.6 Å². The lowest BCUT2D eigenvalue weighted by Crippen LogP contribution is -2.11. The van der Waals surface area contributed by atoms with Crippen molar-refractivity contribution in [3.05, 3.63) is 28.2 Å². The molecule has 3 rings (SSSR count). The number of aryl methyl sites for hydroxylation is 1. The number of hydrogen-bond acceptors (Lipinski definition) is 1. The molecule has 1 aromatic carbocycles. The fraction of sp³-hybridized carbons (Fsp3) is 0.562. The molecule has 2 nitrogen and oxygen atoms in total. The molecule has 0 N–H and O–H groups in total. The van der Waals surface area contributed by atoms with Crippen molar-refractivity contribution in [3.63, 3.8) is 0 Å². The van der Waals surface area contributed by atoms with Crippen LogP contribution in [0.1, 0.15) is 32.0 Å². The molecule has 1 saturated carbocycles. The molecule has 5 heteroatoms. The van der Waals surface area contributed by atoms with E-state index in [2.05, 4.69) is 32.4 Å². The summed E-state index contributed by atoms with van der Waals surface area (Å²) in [6.07, 6.45) is 4.56. The molecule has 0 saturated heterocycles. The molecule has 1 aliphatic rings. The van der Waals surface area contributed by atoms with Gasteiger partial charge in [0.2, 0.25) is 0 Å². The Morgan fingerprint density at radius 1 is 1.43 bits per heavy atom. The third-order valence-corrected chi connectivity index (χ3v) is 5.23. The minimum Gasteiger partial charge on any atom is -0.328 e. The van der Waals surface area contributed by atoms with Gasteiger partial charge in [0.25, 0.3) is 0 Å². The van der Waals surface area contributed by atoms with Crippen LogP contribution in [-0.4, -0.2) is 15.4 Å². The third-order valence-electron chi connectivity index (χ3n) is 4.43. The van der Waals surface area contributed by atoms with Gasteiger partial charge in [-0.2, -0.15) is 0 Å². The lowest BCUT2D eigenvalue weighted by molar-refractivity contribution is 0.439. The third kappa shape index (κ3) is 3.11. The molecule has 0 bridgehead atoms. The van der Waals surface area contributed by atoms with Crippen molar-refractivity contribution in [2.24, 2.45) is 11.8 Å². The summed E-state index contributed by atoms with van der Waals surface area (Å²) >= 11 is 9.18. The summed E-state index contributed by atoms with van der Waals surface area (Å²) < 4.78 is 16.4. The fourth-order valence-electron chi connectivity index (χ4n) is 3.40. The number of nitrogens with zero attached hydrogens (tertiary/aromatic N) is 2. The van der Waals surface area contributed by atoms with Crippen LogP contribution >= 0.6 is 27.5 Å². The van der Waals surface area contributed by atoms with E-state index in [-0.39, 0.29) is 5.82 Å². The zero-order valence-electron chi connectivity index (χ0n) is 12.1. The summed E-state index contributed by atoms with van der Waals surface area (Å²) in [5.41, 5.74) is 1.73. The molecular weight excluding hydrogens is 355 g/mol. The van der Waals surface area contributed by atoms with Crippen LogP contribution in [0.25, 0.3) is 11.0 Å². The highest BCUT2D eigenvalue weighted by Gasteiger charge is 2.23. The van der Waals surface area contributed by atoms with Crippen molar-refractivity contribution in [1.82, 2.24) is 9.55 Å². The Morgan fingerprint density at radius 2 is 2.24 bits per heavy atom. The first-order valence-electron chi connectivity index (χ1n) is 7.48. The van der Waals surface area contributed by atoms with Crippen LogP contribution in [-0.2, 0) is 13.0 Å². The van der Waals surface area contributed by atoms with E-state index in [1.165, 1.54) is 25.3 Å². The highest BCUT2D eigenvalue weighted by atomic mass is 79.9. The largest absolute Gasteiger partial charge is 0.328 e. The molecule has 2 aromatic rings. The Hall–Kier alpha value is -0.610. The number of hydrogen-bond donors (Lipinski definition) is 0. The fourth-order valence-corrected chi connectivity index (χ4v) is 3.90. The summed E-state index contributed by atoms with van der Waals surface area (Å²) in [6, 6.07) is 3.35. The quantitative estimate of drug-likeness (QED) is 0.677. The minimum atomic E-state index is -0.265. The summed E-state index contributed by atoms with van der Waals surface area (Å²) in [4.78, 5) is 4.58. The van der Waals surface area contributed by atoms with E-state index in [1.54, 1.807) is 0 Å². The Labute approximate surface area is 137 Å².